The van der Waals surface area contributed by atoms with Gasteiger partial charge in [0.25, 0.3) is 0 Å². The SMILES string of the molecule is COC(=O)C(=O)NCC(C)(C)S(C)(=O)=O. The van der Waals surface area contributed by atoms with Crippen molar-refractivity contribution in [2.75, 3.05) is 19.9 Å². The molecule has 0 fully saturated rings. The number of carbonyl (C=O) groups excluding carboxylic acids is 2. The Kier molecular flexibility index (Phi) is 4.27. The van der Waals surface area contributed by atoms with Crippen molar-refractivity contribution in [2.24, 2.45) is 0 Å². The highest BCUT2D eigenvalue weighted by molar-refractivity contribution is 7.92. The second-order valence-electron chi connectivity index (χ2n) is 3.71. The Hall–Kier alpha value is -1.11. The van der Waals surface area contributed by atoms with Gasteiger partial charge in [-0.3, -0.25) is 4.79 Å². The number of esters is 1. The fourth-order valence-electron chi connectivity index (χ4n) is 0.589. The topological polar surface area (TPSA) is 89.5 Å². The monoisotopic (exact) mass is 237 g/mol. The Labute approximate surface area is 88.9 Å². The average molecular weight is 237 g/mol. The number of amides is 1. The number of carbonyl (C=O) groups is 2. The molecule has 0 unspecified atom stereocenters. The molecule has 0 bridgehead atoms. The maximum absolute atomic E-state index is 11.2. The van der Waals surface area contributed by atoms with Gasteiger partial charge in [0, 0.05) is 12.8 Å². The summed E-state index contributed by atoms with van der Waals surface area (Å²) in [5, 5.41) is 2.19. The molecule has 0 rings (SSSR count). The van der Waals surface area contributed by atoms with E-state index in [0.717, 1.165) is 13.4 Å². The highest BCUT2D eigenvalue weighted by Gasteiger charge is 2.31. The summed E-state index contributed by atoms with van der Waals surface area (Å²) in [7, 11) is -2.22. The van der Waals surface area contributed by atoms with Crippen LogP contribution in [0.1, 0.15) is 13.8 Å². The zero-order valence-corrected chi connectivity index (χ0v) is 9.97. The first kappa shape index (κ1) is 13.9. The van der Waals surface area contributed by atoms with E-state index >= 15 is 0 Å². The molecule has 0 aliphatic heterocycles. The second-order valence-corrected chi connectivity index (χ2v) is 6.36. The molecule has 6 nitrogen and oxygen atoms in total. The molecular weight excluding hydrogens is 222 g/mol. The standard InChI is InChI=1S/C8H15NO5S/c1-8(2,15(4,12)13)5-9-6(10)7(11)14-3/h5H2,1-4H3,(H,9,10). The summed E-state index contributed by atoms with van der Waals surface area (Å²) in [6, 6.07) is 0. The average Bonchev–Trinajstić information content (AvgIpc) is 2.11. The van der Waals surface area contributed by atoms with Gasteiger partial charge in [-0.2, -0.15) is 0 Å². The summed E-state index contributed by atoms with van der Waals surface area (Å²) in [5.41, 5.74) is 0. The number of nitrogens with one attached hydrogen (secondary N) is 1. The molecule has 0 radical (unpaired) electrons. The molecular formula is C8H15NO5S. The number of hydrogen-bond acceptors (Lipinski definition) is 5. The predicted molar refractivity (Wildman–Crippen MR) is 53.9 cm³/mol. The minimum atomic E-state index is -3.30. The largest absolute Gasteiger partial charge is 0.462 e. The summed E-state index contributed by atoms with van der Waals surface area (Å²) in [6.45, 7) is 2.78. The molecule has 1 N–H and O–H groups in total. The van der Waals surface area contributed by atoms with Crippen molar-refractivity contribution < 1.29 is 22.7 Å². The van der Waals surface area contributed by atoms with Gasteiger partial charge >= 0.3 is 11.9 Å². The summed E-state index contributed by atoms with van der Waals surface area (Å²) in [5.74, 6) is -1.99. The fourth-order valence-corrected chi connectivity index (χ4v) is 0.923. The fraction of sp³-hybridized carbons (Fsp3) is 0.750. The van der Waals surface area contributed by atoms with Crippen LogP contribution in [0.4, 0.5) is 0 Å². The molecule has 0 aromatic rings. The van der Waals surface area contributed by atoms with Crippen molar-refractivity contribution in [1.29, 1.82) is 0 Å². The van der Waals surface area contributed by atoms with E-state index in [4.69, 9.17) is 0 Å². The van der Waals surface area contributed by atoms with Gasteiger partial charge < -0.3 is 10.1 Å². The lowest BCUT2D eigenvalue weighted by molar-refractivity contribution is -0.152. The maximum Gasteiger partial charge on any atom is 0.396 e. The van der Waals surface area contributed by atoms with Crippen molar-refractivity contribution in [3.05, 3.63) is 0 Å². The molecule has 0 aliphatic rings. The summed E-state index contributed by atoms with van der Waals surface area (Å²) in [6.07, 6.45) is 1.07. The first-order valence-corrected chi connectivity index (χ1v) is 6.06. The molecule has 0 saturated carbocycles. The highest BCUT2D eigenvalue weighted by atomic mass is 32.2. The van der Waals surface area contributed by atoms with Crippen LogP contribution in [0.2, 0.25) is 0 Å². The van der Waals surface area contributed by atoms with E-state index in [1.807, 2.05) is 0 Å². The molecule has 0 heterocycles. The lowest BCUT2D eigenvalue weighted by atomic mass is 10.2. The number of methoxy groups -OCH3 is 1. The quantitative estimate of drug-likeness (QED) is 0.507. The van der Waals surface area contributed by atoms with Crippen LogP contribution >= 0.6 is 0 Å². The minimum Gasteiger partial charge on any atom is -0.462 e. The first-order valence-electron chi connectivity index (χ1n) is 4.17. The normalized spacial score (nSPS) is 12.0. The van der Waals surface area contributed by atoms with Crippen molar-refractivity contribution in [3.63, 3.8) is 0 Å². The Bertz CT molecular complexity index is 357. The smallest absolute Gasteiger partial charge is 0.396 e. The molecule has 88 valence electrons. The van der Waals surface area contributed by atoms with Gasteiger partial charge in [-0.1, -0.05) is 0 Å². The van der Waals surface area contributed by atoms with E-state index in [2.05, 4.69) is 10.1 Å². The van der Waals surface area contributed by atoms with Gasteiger partial charge in [-0.25, -0.2) is 13.2 Å². The van der Waals surface area contributed by atoms with E-state index in [0.29, 0.717) is 0 Å². The number of sulfone groups is 1. The zero-order chi connectivity index (χ0) is 12.3. The second kappa shape index (κ2) is 4.61. The van der Waals surface area contributed by atoms with Gasteiger partial charge in [-0.15, -0.1) is 0 Å². The third kappa shape index (κ3) is 3.86. The molecule has 0 atom stereocenters. The van der Waals surface area contributed by atoms with Crippen molar-refractivity contribution in [2.45, 2.75) is 18.6 Å². The van der Waals surface area contributed by atoms with Crippen LogP contribution in [-0.2, 0) is 24.2 Å². The lowest BCUT2D eigenvalue weighted by Gasteiger charge is -2.22. The van der Waals surface area contributed by atoms with Gasteiger partial charge in [0.15, 0.2) is 9.84 Å². The zero-order valence-electron chi connectivity index (χ0n) is 9.16. The Morgan fingerprint density at radius 2 is 1.80 bits per heavy atom. The van der Waals surface area contributed by atoms with Crippen molar-refractivity contribution >= 4 is 21.7 Å². The van der Waals surface area contributed by atoms with Crippen molar-refractivity contribution in [1.82, 2.24) is 5.32 Å². The molecule has 0 aromatic carbocycles. The number of rotatable bonds is 3. The summed E-state index contributed by atoms with van der Waals surface area (Å²) < 4.78 is 25.5. The molecule has 0 aliphatic carbocycles. The molecule has 0 aromatic heterocycles. The van der Waals surface area contributed by atoms with Gasteiger partial charge in [0.05, 0.1) is 11.9 Å². The summed E-state index contributed by atoms with van der Waals surface area (Å²) >= 11 is 0. The molecule has 0 saturated heterocycles. The van der Waals surface area contributed by atoms with Crippen LogP contribution in [0, 0.1) is 0 Å². The first-order chi connectivity index (χ1) is 6.62. The van der Waals surface area contributed by atoms with Crippen molar-refractivity contribution in [3.8, 4) is 0 Å². The van der Waals surface area contributed by atoms with Crippen LogP contribution in [0.3, 0.4) is 0 Å². The van der Waals surface area contributed by atoms with Gasteiger partial charge in [0.2, 0.25) is 0 Å². The summed E-state index contributed by atoms with van der Waals surface area (Å²) in [4.78, 5) is 21.7. The third-order valence-electron chi connectivity index (χ3n) is 2.05. The minimum absolute atomic E-state index is 0.139. The van der Waals surface area contributed by atoms with Crippen LogP contribution in [0.15, 0.2) is 0 Å². The van der Waals surface area contributed by atoms with E-state index in [1.54, 1.807) is 0 Å². The molecule has 7 heteroatoms. The Morgan fingerprint density at radius 1 is 1.33 bits per heavy atom. The third-order valence-corrected chi connectivity index (χ3v) is 4.20. The number of ether oxygens (including phenoxy) is 1. The van der Waals surface area contributed by atoms with Crippen LogP contribution in [0.5, 0.6) is 0 Å². The van der Waals surface area contributed by atoms with Gasteiger partial charge in [-0.05, 0) is 13.8 Å². The van der Waals surface area contributed by atoms with Crippen LogP contribution < -0.4 is 5.32 Å². The van der Waals surface area contributed by atoms with E-state index < -0.39 is 26.5 Å². The Balaban J connectivity index is 4.42. The van der Waals surface area contributed by atoms with E-state index in [-0.39, 0.29) is 6.54 Å². The van der Waals surface area contributed by atoms with Crippen LogP contribution in [-0.4, -0.2) is 45.0 Å². The maximum atomic E-state index is 11.2. The highest BCUT2D eigenvalue weighted by Crippen LogP contribution is 2.13. The van der Waals surface area contributed by atoms with E-state index in [1.165, 1.54) is 13.8 Å². The molecule has 15 heavy (non-hydrogen) atoms. The lowest BCUT2D eigenvalue weighted by Crippen LogP contribution is -2.45. The van der Waals surface area contributed by atoms with Gasteiger partial charge in [0.1, 0.15) is 0 Å². The number of hydrogen-bond donors (Lipinski definition) is 1. The Morgan fingerprint density at radius 3 is 2.13 bits per heavy atom. The predicted octanol–water partition coefficient (Wildman–Crippen LogP) is -0.901. The van der Waals surface area contributed by atoms with Crippen LogP contribution in [0.25, 0.3) is 0 Å². The molecule has 1 amide bonds. The molecule has 0 spiro atoms. The van der Waals surface area contributed by atoms with E-state index in [9.17, 15) is 18.0 Å².